The van der Waals surface area contributed by atoms with Crippen molar-refractivity contribution in [3.8, 4) is 17.4 Å². The van der Waals surface area contributed by atoms with Gasteiger partial charge in [-0.1, -0.05) is 11.6 Å². The first kappa shape index (κ1) is 24.9. The number of hydrogen-bond acceptors (Lipinski definition) is 7. The summed E-state index contributed by atoms with van der Waals surface area (Å²) in [5, 5.41) is 12.1. The smallest absolute Gasteiger partial charge is 0.422 e. The highest BCUT2D eigenvalue weighted by atomic mass is 35.5. The van der Waals surface area contributed by atoms with Gasteiger partial charge in [-0.25, -0.2) is 18.7 Å². The van der Waals surface area contributed by atoms with Crippen LogP contribution in [0.3, 0.4) is 0 Å². The number of hydrogen-bond donors (Lipinski definition) is 2. The van der Waals surface area contributed by atoms with E-state index in [-0.39, 0.29) is 46.3 Å². The number of ether oxygens (including phenoxy) is 2. The van der Waals surface area contributed by atoms with Gasteiger partial charge in [-0.2, -0.15) is 13.2 Å². The molecule has 188 valence electrons. The van der Waals surface area contributed by atoms with Crippen LogP contribution < -0.4 is 14.8 Å². The van der Waals surface area contributed by atoms with Gasteiger partial charge in [-0.05, 0) is 25.0 Å². The van der Waals surface area contributed by atoms with E-state index in [1.807, 2.05) is 0 Å². The van der Waals surface area contributed by atoms with Gasteiger partial charge in [0, 0.05) is 24.8 Å². The van der Waals surface area contributed by atoms with Crippen LogP contribution in [0.2, 0.25) is 5.02 Å². The molecule has 4 rings (SSSR count). The second-order valence-corrected chi connectivity index (χ2v) is 8.23. The van der Waals surface area contributed by atoms with Crippen LogP contribution >= 0.6 is 11.6 Å². The van der Waals surface area contributed by atoms with Gasteiger partial charge in [0.1, 0.15) is 17.4 Å². The molecule has 1 aliphatic carbocycles. The third-order valence-electron chi connectivity index (χ3n) is 5.10. The van der Waals surface area contributed by atoms with Crippen molar-refractivity contribution in [2.45, 2.75) is 43.5 Å². The number of fused-ring (bicyclic) bond motifs is 1. The minimum absolute atomic E-state index is 0.0247. The highest BCUT2D eigenvalue weighted by Gasteiger charge is 2.46. The maximum atomic E-state index is 13.7. The van der Waals surface area contributed by atoms with Gasteiger partial charge in [0.25, 0.3) is 17.7 Å². The molecule has 2 N–H and O–H groups in total. The Hall–Kier alpha value is -3.19. The Balaban J connectivity index is 1.50. The number of aliphatic hydroxyl groups excluding tert-OH is 1. The summed E-state index contributed by atoms with van der Waals surface area (Å²) < 4.78 is 80.6. The average Bonchev–Trinajstić information content (AvgIpc) is 3.20. The van der Waals surface area contributed by atoms with E-state index in [9.17, 15) is 31.9 Å². The van der Waals surface area contributed by atoms with Crippen LogP contribution in [0.15, 0.2) is 34.9 Å². The van der Waals surface area contributed by atoms with E-state index in [1.54, 1.807) is 0 Å². The molecule has 1 aromatic carbocycles. The number of benzene rings is 1. The molecule has 0 spiro atoms. The zero-order valence-electron chi connectivity index (χ0n) is 17.6. The molecule has 0 unspecified atom stereocenters. The molecule has 0 saturated heterocycles. The summed E-state index contributed by atoms with van der Waals surface area (Å²) >= 11 is 5.78. The maximum Gasteiger partial charge on any atom is 0.422 e. The topological polar surface area (TPSA) is 107 Å². The first-order valence-electron chi connectivity index (χ1n) is 10.2. The van der Waals surface area contributed by atoms with Crippen molar-refractivity contribution in [3.63, 3.8) is 0 Å². The normalized spacial score (nSPS) is 20.0. The summed E-state index contributed by atoms with van der Waals surface area (Å²) in [6, 6.07) is 4.02. The number of carbonyl (C=O) groups is 1. The van der Waals surface area contributed by atoms with E-state index in [1.165, 1.54) is 18.2 Å². The molecule has 0 bridgehead atoms. The van der Waals surface area contributed by atoms with Crippen molar-refractivity contribution in [2.75, 3.05) is 6.61 Å². The molecular formula is C21H17ClF5N3O5. The molecule has 2 aromatic heterocycles. The lowest BCUT2D eigenvalue weighted by Crippen LogP contribution is -2.54. The summed E-state index contributed by atoms with van der Waals surface area (Å²) in [4.78, 5) is 20.3. The van der Waals surface area contributed by atoms with E-state index in [2.05, 4.69) is 15.3 Å². The minimum atomic E-state index is -4.60. The van der Waals surface area contributed by atoms with Gasteiger partial charge >= 0.3 is 12.1 Å². The number of amides is 1. The third kappa shape index (κ3) is 5.90. The molecule has 1 fully saturated rings. The van der Waals surface area contributed by atoms with Crippen molar-refractivity contribution >= 4 is 28.6 Å². The summed E-state index contributed by atoms with van der Waals surface area (Å²) in [6.45, 7) is -1.59. The van der Waals surface area contributed by atoms with Gasteiger partial charge in [0.15, 0.2) is 17.9 Å². The van der Waals surface area contributed by atoms with E-state index in [0.29, 0.717) is 0 Å². The summed E-state index contributed by atoms with van der Waals surface area (Å²) in [6.07, 6.45) is -5.68. The zero-order valence-corrected chi connectivity index (χ0v) is 18.4. The van der Waals surface area contributed by atoms with Crippen LogP contribution in [0.4, 0.5) is 22.0 Å². The Morgan fingerprint density at radius 3 is 2.83 bits per heavy atom. The highest BCUT2D eigenvalue weighted by Crippen LogP contribution is 2.35. The molecule has 14 heteroatoms. The Bertz CT molecular complexity index is 1240. The molecular weight excluding hydrogens is 505 g/mol. The van der Waals surface area contributed by atoms with E-state index < -0.39 is 49.1 Å². The predicted molar refractivity (Wildman–Crippen MR) is 111 cm³/mol. The van der Waals surface area contributed by atoms with Gasteiger partial charge in [-0.15, -0.1) is 0 Å². The number of aliphatic hydroxyl groups is 1. The summed E-state index contributed by atoms with van der Waals surface area (Å²) in [5.74, 6) is -5.24. The first-order chi connectivity index (χ1) is 16.4. The molecule has 0 radical (unpaired) electrons. The predicted octanol–water partition coefficient (Wildman–Crippen LogP) is 4.89. The average molecular weight is 522 g/mol. The quantitative estimate of drug-likeness (QED) is 0.445. The number of rotatable bonds is 6. The van der Waals surface area contributed by atoms with Crippen LogP contribution in [0, 0.1) is 0 Å². The summed E-state index contributed by atoms with van der Waals surface area (Å²) in [7, 11) is 0. The molecule has 2 atom stereocenters. The van der Waals surface area contributed by atoms with Gasteiger partial charge in [0.05, 0.1) is 11.1 Å². The maximum absolute atomic E-state index is 13.7. The van der Waals surface area contributed by atoms with Crippen molar-refractivity contribution in [1.82, 2.24) is 15.3 Å². The van der Waals surface area contributed by atoms with E-state index in [4.69, 9.17) is 25.5 Å². The van der Waals surface area contributed by atoms with Crippen molar-refractivity contribution in [2.24, 2.45) is 0 Å². The van der Waals surface area contributed by atoms with Crippen LogP contribution in [0.5, 0.6) is 17.4 Å². The Labute approximate surface area is 199 Å². The number of nitrogens with one attached hydrogen (secondary N) is 1. The molecule has 2 heterocycles. The Morgan fingerprint density at radius 2 is 2.09 bits per heavy atom. The molecule has 1 saturated carbocycles. The number of alkyl halides is 5. The van der Waals surface area contributed by atoms with E-state index in [0.717, 1.165) is 12.3 Å². The lowest BCUT2D eigenvalue weighted by atomic mass is 9.89. The lowest BCUT2D eigenvalue weighted by molar-refractivity contribution is -0.153. The lowest BCUT2D eigenvalue weighted by Gasteiger charge is -2.34. The van der Waals surface area contributed by atoms with Crippen molar-refractivity contribution < 1.29 is 45.7 Å². The van der Waals surface area contributed by atoms with E-state index >= 15 is 0 Å². The second-order valence-electron chi connectivity index (χ2n) is 7.79. The minimum Gasteiger partial charge on any atom is -0.478 e. The fourth-order valence-electron chi connectivity index (χ4n) is 3.46. The van der Waals surface area contributed by atoms with Gasteiger partial charge < -0.3 is 24.3 Å². The second kappa shape index (κ2) is 9.46. The number of nitrogens with zero attached hydrogens (tertiary/aromatic N) is 2. The number of halogens is 6. The molecule has 35 heavy (non-hydrogen) atoms. The van der Waals surface area contributed by atoms with Crippen molar-refractivity contribution in [1.29, 1.82) is 0 Å². The molecule has 0 aliphatic heterocycles. The molecule has 1 amide bonds. The fourth-order valence-corrected chi connectivity index (χ4v) is 3.61. The van der Waals surface area contributed by atoms with Crippen molar-refractivity contribution in [3.05, 3.63) is 41.4 Å². The van der Waals surface area contributed by atoms with Crippen LogP contribution in [0.1, 0.15) is 29.9 Å². The van der Waals surface area contributed by atoms with Gasteiger partial charge in [0.2, 0.25) is 0 Å². The molecule has 1 aliphatic rings. The Kier molecular flexibility index (Phi) is 6.73. The number of pyridine rings is 1. The first-order valence-corrected chi connectivity index (χ1v) is 10.6. The number of carbonyl (C=O) groups excluding carboxylic acids is 1. The largest absolute Gasteiger partial charge is 0.478 e. The third-order valence-corrected chi connectivity index (χ3v) is 5.31. The van der Waals surface area contributed by atoms with Gasteiger partial charge in [-0.3, -0.25) is 4.79 Å². The zero-order chi connectivity index (χ0) is 25.4. The standard InChI is InChI=1S/C21H17ClF5N3O5/c22-10-6-15(33-9-21(25,26)27)18(28-8-10)34-11-3-4-12-14(7-11)35-19(30-12)17(32)29-13-2-1-5-20(23,24)16(13)31/h3-4,6-8,13,16,31H,1-2,5,9H2,(H,29,32)/t13-,16+/m0/s1. The van der Waals surface area contributed by atoms with Crippen LogP contribution in [0.25, 0.3) is 11.1 Å². The number of oxazole rings is 1. The fraction of sp³-hybridized carbons (Fsp3) is 0.381. The summed E-state index contributed by atoms with van der Waals surface area (Å²) in [5.41, 5.74) is 0.281. The monoisotopic (exact) mass is 521 g/mol. The number of aromatic nitrogens is 2. The Morgan fingerprint density at radius 1 is 1.31 bits per heavy atom. The highest BCUT2D eigenvalue weighted by molar-refractivity contribution is 6.30. The molecule has 8 nitrogen and oxygen atoms in total. The molecule has 3 aromatic rings. The SMILES string of the molecule is O=C(N[C@H]1CCCC(F)(F)[C@@H]1O)c1nc2ccc(Oc3ncc(Cl)cc3OCC(F)(F)F)cc2o1. The van der Waals surface area contributed by atoms with Crippen LogP contribution in [-0.4, -0.2) is 51.8 Å². The van der Waals surface area contributed by atoms with Crippen LogP contribution in [-0.2, 0) is 0 Å².